The van der Waals surface area contributed by atoms with E-state index in [4.69, 9.17) is 0 Å². The Morgan fingerprint density at radius 1 is 1.45 bits per heavy atom. The van der Waals surface area contributed by atoms with E-state index in [1.165, 1.54) is 11.1 Å². The molecule has 0 aliphatic carbocycles. The van der Waals surface area contributed by atoms with Crippen molar-refractivity contribution in [1.29, 1.82) is 0 Å². The molecule has 0 spiro atoms. The molecule has 0 aliphatic rings. The molecule has 0 amide bonds. The Balaban J connectivity index is 4.53. The molecule has 0 heterocycles. The summed E-state index contributed by atoms with van der Waals surface area (Å²) in [7, 11) is 0. The molecular weight excluding hydrogens is 134 g/mol. The van der Waals surface area contributed by atoms with Gasteiger partial charge in [0.25, 0.3) is 0 Å². The fraction of sp³-hybridized carbons (Fsp3) is 0.500. The zero-order valence-electron chi connectivity index (χ0n) is 7.89. The van der Waals surface area contributed by atoms with Gasteiger partial charge >= 0.3 is 0 Å². The fourth-order valence-electron chi connectivity index (χ4n) is 1.23. The average molecular weight is 151 g/mol. The van der Waals surface area contributed by atoms with Crippen LogP contribution in [-0.2, 0) is 0 Å². The van der Waals surface area contributed by atoms with Crippen LogP contribution in [0.2, 0.25) is 0 Å². The molecule has 1 heteroatoms. The molecule has 0 unspecified atom stereocenters. The van der Waals surface area contributed by atoms with Gasteiger partial charge in [0.05, 0.1) is 0 Å². The smallest absolute Gasteiger partial charge is 0.0292 e. The standard InChI is InChI=1S/C10H17N/c1-6-10(8(2)3)9(4)7-11-5/h6-8H,5H2,1-4H3/b9-7-,10-6-. The third kappa shape index (κ3) is 3.17. The van der Waals surface area contributed by atoms with Crippen LogP contribution in [0.3, 0.4) is 0 Å². The molecule has 11 heavy (non-hydrogen) atoms. The lowest BCUT2D eigenvalue weighted by Crippen LogP contribution is -1.94. The van der Waals surface area contributed by atoms with Gasteiger partial charge in [-0.3, -0.25) is 4.99 Å². The molecule has 0 aromatic carbocycles. The Kier molecular flexibility index (Phi) is 4.51. The molecule has 0 radical (unpaired) electrons. The number of rotatable bonds is 3. The summed E-state index contributed by atoms with van der Waals surface area (Å²) >= 11 is 0. The van der Waals surface area contributed by atoms with Crippen molar-refractivity contribution in [2.24, 2.45) is 10.9 Å². The normalized spacial score (nSPS) is 13.9. The van der Waals surface area contributed by atoms with Crippen molar-refractivity contribution in [2.45, 2.75) is 27.7 Å². The molecule has 0 saturated carbocycles. The fourth-order valence-corrected chi connectivity index (χ4v) is 1.23. The number of aliphatic imine (C=N–C) groups is 1. The first-order valence-corrected chi connectivity index (χ1v) is 3.92. The van der Waals surface area contributed by atoms with Gasteiger partial charge in [-0.05, 0) is 37.6 Å². The number of allylic oxidation sites excluding steroid dienone is 3. The van der Waals surface area contributed by atoms with Crippen LogP contribution in [0.1, 0.15) is 27.7 Å². The maximum Gasteiger partial charge on any atom is 0.0292 e. The Morgan fingerprint density at radius 3 is 2.27 bits per heavy atom. The number of hydrogen-bond acceptors (Lipinski definition) is 1. The predicted molar refractivity (Wildman–Crippen MR) is 51.9 cm³/mol. The molecule has 0 fully saturated rings. The molecule has 0 rings (SSSR count). The average Bonchev–Trinajstić information content (AvgIpc) is 1.88. The Labute approximate surface area is 69.5 Å². The van der Waals surface area contributed by atoms with Crippen LogP contribution in [0.25, 0.3) is 0 Å². The van der Waals surface area contributed by atoms with E-state index in [0.29, 0.717) is 5.92 Å². The van der Waals surface area contributed by atoms with Crippen LogP contribution in [0.15, 0.2) is 28.4 Å². The molecule has 1 nitrogen and oxygen atoms in total. The maximum atomic E-state index is 3.73. The summed E-state index contributed by atoms with van der Waals surface area (Å²) in [5, 5.41) is 0. The van der Waals surface area contributed by atoms with Gasteiger partial charge < -0.3 is 0 Å². The van der Waals surface area contributed by atoms with Gasteiger partial charge in [0, 0.05) is 6.20 Å². The maximum absolute atomic E-state index is 3.73. The first kappa shape index (κ1) is 10.2. The Bertz CT molecular complexity index is 185. The summed E-state index contributed by atoms with van der Waals surface area (Å²) in [6, 6.07) is 0. The van der Waals surface area contributed by atoms with Gasteiger partial charge in [-0.1, -0.05) is 19.9 Å². The molecule has 0 N–H and O–H groups in total. The van der Waals surface area contributed by atoms with Gasteiger partial charge in [-0.2, -0.15) is 0 Å². The van der Waals surface area contributed by atoms with Crippen molar-refractivity contribution >= 4 is 6.72 Å². The minimum atomic E-state index is 0.568. The topological polar surface area (TPSA) is 12.4 Å². The summed E-state index contributed by atoms with van der Waals surface area (Å²) < 4.78 is 0. The molecule has 0 atom stereocenters. The van der Waals surface area contributed by atoms with E-state index in [1.807, 2.05) is 0 Å². The van der Waals surface area contributed by atoms with E-state index in [1.54, 1.807) is 6.20 Å². The van der Waals surface area contributed by atoms with Crippen LogP contribution in [-0.4, -0.2) is 6.72 Å². The van der Waals surface area contributed by atoms with Crippen molar-refractivity contribution in [3.8, 4) is 0 Å². The molecule has 0 aromatic rings. The van der Waals surface area contributed by atoms with Crippen molar-refractivity contribution in [1.82, 2.24) is 0 Å². The summed E-state index contributed by atoms with van der Waals surface area (Å²) in [6.45, 7) is 11.9. The summed E-state index contributed by atoms with van der Waals surface area (Å²) in [5.41, 5.74) is 2.55. The number of nitrogens with zero attached hydrogens (tertiary/aromatic N) is 1. The van der Waals surface area contributed by atoms with Crippen molar-refractivity contribution in [2.75, 3.05) is 0 Å². The lowest BCUT2D eigenvalue weighted by atomic mass is 9.97. The highest BCUT2D eigenvalue weighted by Gasteiger charge is 2.02. The van der Waals surface area contributed by atoms with Crippen LogP contribution < -0.4 is 0 Å². The van der Waals surface area contributed by atoms with Gasteiger partial charge in [-0.25, -0.2) is 0 Å². The molecule has 0 saturated heterocycles. The second kappa shape index (κ2) is 4.89. The van der Waals surface area contributed by atoms with Gasteiger partial charge in [-0.15, -0.1) is 0 Å². The predicted octanol–water partition coefficient (Wildman–Crippen LogP) is 3.19. The Hall–Kier alpha value is -0.850. The molecule has 62 valence electrons. The van der Waals surface area contributed by atoms with Gasteiger partial charge in [0.2, 0.25) is 0 Å². The zero-order chi connectivity index (χ0) is 8.85. The first-order chi connectivity index (χ1) is 5.13. The first-order valence-electron chi connectivity index (χ1n) is 3.92. The molecule has 0 bridgehead atoms. The minimum absolute atomic E-state index is 0.568. The second-order valence-electron chi connectivity index (χ2n) is 2.89. The van der Waals surface area contributed by atoms with E-state index in [9.17, 15) is 0 Å². The van der Waals surface area contributed by atoms with Crippen LogP contribution in [0.5, 0.6) is 0 Å². The van der Waals surface area contributed by atoms with Crippen LogP contribution in [0, 0.1) is 5.92 Å². The lowest BCUT2D eigenvalue weighted by molar-refractivity contribution is 0.775. The Morgan fingerprint density at radius 2 is 2.00 bits per heavy atom. The summed E-state index contributed by atoms with van der Waals surface area (Å²) in [5.74, 6) is 0.568. The van der Waals surface area contributed by atoms with E-state index in [2.05, 4.69) is 45.5 Å². The minimum Gasteiger partial charge on any atom is -0.272 e. The quantitative estimate of drug-likeness (QED) is 0.434. The van der Waals surface area contributed by atoms with Crippen LogP contribution in [0.4, 0.5) is 0 Å². The number of hydrogen-bond donors (Lipinski definition) is 0. The third-order valence-electron chi connectivity index (χ3n) is 1.67. The SMILES string of the molecule is C=N/C=C(C)\C(=C/C)C(C)C. The summed E-state index contributed by atoms with van der Waals surface area (Å²) in [4.78, 5) is 3.73. The van der Waals surface area contributed by atoms with E-state index < -0.39 is 0 Å². The highest BCUT2D eigenvalue weighted by molar-refractivity contribution is 5.33. The van der Waals surface area contributed by atoms with E-state index in [0.717, 1.165) is 0 Å². The monoisotopic (exact) mass is 151 g/mol. The highest BCUT2D eigenvalue weighted by atomic mass is 14.6. The largest absolute Gasteiger partial charge is 0.272 e. The van der Waals surface area contributed by atoms with Crippen molar-refractivity contribution in [3.05, 3.63) is 23.4 Å². The van der Waals surface area contributed by atoms with Gasteiger partial charge in [0.1, 0.15) is 0 Å². The zero-order valence-corrected chi connectivity index (χ0v) is 7.89. The summed E-state index contributed by atoms with van der Waals surface area (Å²) in [6.07, 6.45) is 3.93. The van der Waals surface area contributed by atoms with Crippen molar-refractivity contribution in [3.63, 3.8) is 0 Å². The molecule has 0 aromatic heterocycles. The molecule has 0 aliphatic heterocycles. The third-order valence-corrected chi connectivity index (χ3v) is 1.67. The second-order valence-corrected chi connectivity index (χ2v) is 2.89. The lowest BCUT2D eigenvalue weighted by Gasteiger charge is -2.09. The van der Waals surface area contributed by atoms with Crippen LogP contribution >= 0.6 is 0 Å². The van der Waals surface area contributed by atoms with E-state index in [-0.39, 0.29) is 0 Å². The molecular formula is C10H17N. The van der Waals surface area contributed by atoms with Crippen molar-refractivity contribution < 1.29 is 0 Å². The van der Waals surface area contributed by atoms with Gasteiger partial charge in [0.15, 0.2) is 0 Å². The van der Waals surface area contributed by atoms with E-state index >= 15 is 0 Å². The highest BCUT2D eigenvalue weighted by Crippen LogP contribution is 2.18.